The van der Waals surface area contributed by atoms with Gasteiger partial charge in [-0.15, -0.1) is 47.6 Å². The second kappa shape index (κ2) is 16.1. The molecule has 2 aromatic heterocycles. The van der Waals surface area contributed by atoms with Gasteiger partial charge in [0.05, 0.1) is 8.07 Å². The van der Waals surface area contributed by atoms with Crippen molar-refractivity contribution in [2.75, 3.05) is 4.90 Å². The molecule has 3 heterocycles. The Morgan fingerprint density at radius 2 is 1.37 bits per heavy atom. The van der Waals surface area contributed by atoms with Gasteiger partial charge >= 0.3 is 20.1 Å². The zero-order chi connectivity index (χ0) is 37.4. The van der Waals surface area contributed by atoms with Gasteiger partial charge in [0.1, 0.15) is 5.58 Å². The molecular formula is C48H50IrN3OSi. The molecule has 1 unspecified atom stereocenters. The third-order valence-corrected chi connectivity index (χ3v) is 12.2. The van der Waals surface area contributed by atoms with Crippen molar-refractivity contribution in [2.45, 2.75) is 85.1 Å². The number of pyridine rings is 1. The third kappa shape index (κ3) is 7.70. The molecule has 7 aromatic rings. The summed E-state index contributed by atoms with van der Waals surface area (Å²) >= 11 is 0. The van der Waals surface area contributed by atoms with Crippen LogP contribution < -0.4 is 10.1 Å². The molecule has 4 nitrogen and oxygen atoms in total. The Morgan fingerprint density at radius 3 is 2.04 bits per heavy atom. The third-order valence-electron chi connectivity index (χ3n) is 10.2. The maximum Gasteiger partial charge on any atom is 3.00 e. The molecule has 0 bridgehead atoms. The van der Waals surface area contributed by atoms with E-state index in [1.165, 1.54) is 27.6 Å². The maximum absolute atomic E-state index is 6.07. The van der Waals surface area contributed by atoms with E-state index < -0.39 is 8.07 Å². The number of nitrogens with zero attached hydrogens (tertiary/aromatic N) is 3. The number of aromatic nitrogens is 1. The normalized spacial score (nSPS) is 13.9. The monoisotopic (exact) mass is 905 g/mol. The number of furan rings is 1. The summed E-state index contributed by atoms with van der Waals surface area (Å²) in [5.41, 5.74) is 12.5. The van der Waals surface area contributed by atoms with Crippen molar-refractivity contribution in [1.82, 2.24) is 4.98 Å². The van der Waals surface area contributed by atoms with E-state index in [4.69, 9.17) is 9.73 Å². The number of fused-ring (bicyclic) bond motifs is 4. The van der Waals surface area contributed by atoms with Crippen LogP contribution >= 0.6 is 0 Å². The van der Waals surface area contributed by atoms with E-state index in [2.05, 4.69) is 162 Å². The first-order valence-electron chi connectivity index (χ1n) is 18.9. The second-order valence-electron chi connectivity index (χ2n) is 16.1. The molecule has 0 N–H and O–H groups in total. The summed E-state index contributed by atoms with van der Waals surface area (Å²) in [7, 11) is -1.34. The Bertz CT molecular complexity index is 2350. The van der Waals surface area contributed by atoms with Crippen LogP contribution in [0.4, 0.5) is 17.1 Å². The summed E-state index contributed by atoms with van der Waals surface area (Å²) in [6.45, 7) is 20.7. The average molecular weight is 905 g/mol. The molecule has 0 fully saturated rings. The summed E-state index contributed by atoms with van der Waals surface area (Å²) in [5.74, 6) is 1.32. The van der Waals surface area contributed by atoms with Gasteiger partial charge in [-0.05, 0) is 58.1 Å². The topological polar surface area (TPSA) is 43.4 Å². The molecule has 1 aliphatic rings. The van der Waals surface area contributed by atoms with E-state index in [1.807, 2.05) is 36.4 Å². The molecule has 54 heavy (non-hydrogen) atoms. The summed E-state index contributed by atoms with van der Waals surface area (Å²) in [5, 5.41) is 8.92. The van der Waals surface area contributed by atoms with Crippen molar-refractivity contribution in [3.8, 4) is 11.3 Å². The van der Waals surface area contributed by atoms with Gasteiger partial charge < -0.3 is 19.6 Å². The fourth-order valence-corrected chi connectivity index (χ4v) is 9.13. The van der Waals surface area contributed by atoms with Gasteiger partial charge in [-0.25, -0.2) is 0 Å². The predicted molar refractivity (Wildman–Crippen MR) is 227 cm³/mol. The number of hydrogen-bond donors (Lipinski definition) is 0. The minimum atomic E-state index is -1.34. The standard InChI is InChI=1S/C31H28N2O.C17H22NSi.Ir/c1-19(2)22-11-9-12-23(20(3)4)30(22)33-27-14-7-6-13-26(27)32-31(33)21-16-17-29-25(18-21)24-10-5-8-15-28(24)34-29;1-13(2)15-11-16(14-9-7-6-8-10-14)18-12-17(15)19(3,4)5;/h5-15,17-20,31H,1-4H3;6-9,11-13H,1-5H3;/q-2;-1;+3. The van der Waals surface area contributed by atoms with E-state index in [0.29, 0.717) is 17.8 Å². The van der Waals surface area contributed by atoms with Gasteiger partial charge in [-0.2, -0.15) is 17.7 Å². The molecule has 1 atom stereocenters. The van der Waals surface area contributed by atoms with Gasteiger partial charge in [0.2, 0.25) is 0 Å². The van der Waals surface area contributed by atoms with Crippen LogP contribution in [0.15, 0.2) is 120 Å². The van der Waals surface area contributed by atoms with E-state index in [-0.39, 0.29) is 26.3 Å². The Morgan fingerprint density at radius 1 is 0.704 bits per heavy atom. The van der Waals surface area contributed by atoms with Crippen LogP contribution in [0.2, 0.25) is 19.6 Å². The van der Waals surface area contributed by atoms with Gasteiger partial charge in [0.25, 0.3) is 0 Å². The number of para-hydroxylation sites is 4. The molecule has 0 saturated heterocycles. The van der Waals surface area contributed by atoms with Crippen LogP contribution in [0.3, 0.4) is 0 Å². The SMILES string of the molecule is CC(C)c1cc(-c2[c-]cccc2)ncc1[Si](C)(C)C.CC(C)c1cccc(C(C)C)c1N1c2ccccc2[N-]C1c1[c-]cc2oc3ccccc3c2c1.[Ir+3]. The summed E-state index contributed by atoms with van der Waals surface area (Å²) in [6.07, 6.45) is 1.91. The van der Waals surface area contributed by atoms with Gasteiger partial charge in [-0.3, -0.25) is 0 Å². The molecule has 0 aliphatic carbocycles. The molecule has 6 heteroatoms. The van der Waals surface area contributed by atoms with E-state index in [9.17, 15) is 0 Å². The van der Waals surface area contributed by atoms with Crippen molar-refractivity contribution < 1.29 is 24.5 Å². The molecule has 1 aliphatic heterocycles. The van der Waals surface area contributed by atoms with Crippen molar-refractivity contribution >= 4 is 52.3 Å². The van der Waals surface area contributed by atoms with Crippen molar-refractivity contribution in [2.24, 2.45) is 0 Å². The van der Waals surface area contributed by atoms with Crippen LogP contribution in [0, 0.1) is 12.1 Å². The molecule has 0 radical (unpaired) electrons. The van der Waals surface area contributed by atoms with E-state index in [1.54, 1.807) is 0 Å². The first-order valence-corrected chi connectivity index (χ1v) is 22.4. The Hall–Kier alpha value is -4.48. The first-order chi connectivity index (χ1) is 25.4. The Kier molecular flexibility index (Phi) is 11.7. The summed E-state index contributed by atoms with van der Waals surface area (Å²) < 4.78 is 6.07. The second-order valence-corrected chi connectivity index (χ2v) is 21.1. The molecule has 8 rings (SSSR count). The fourth-order valence-electron chi connectivity index (χ4n) is 7.45. The molecular weight excluding hydrogens is 855 g/mol. The zero-order valence-corrected chi connectivity index (χ0v) is 36.3. The van der Waals surface area contributed by atoms with Crippen LogP contribution in [0.5, 0.6) is 0 Å². The molecule has 0 spiro atoms. The van der Waals surface area contributed by atoms with Gasteiger partial charge in [0, 0.05) is 28.5 Å². The van der Waals surface area contributed by atoms with Gasteiger partial charge in [0.15, 0.2) is 0 Å². The average Bonchev–Trinajstić information content (AvgIpc) is 3.73. The Labute approximate surface area is 336 Å². The number of rotatable bonds is 7. The van der Waals surface area contributed by atoms with E-state index >= 15 is 0 Å². The number of anilines is 2. The zero-order valence-electron chi connectivity index (χ0n) is 32.9. The molecule has 0 amide bonds. The minimum Gasteiger partial charge on any atom is -0.661 e. The molecule has 5 aromatic carbocycles. The summed E-state index contributed by atoms with van der Waals surface area (Å²) in [6, 6.07) is 44.6. The summed E-state index contributed by atoms with van der Waals surface area (Å²) in [4.78, 5) is 7.09. The first kappa shape index (κ1) is 39.2. The van der Waals surface area contributed by atoms with Crippen LogP contribution in [-0.4, -0.2) is 13.1 Å². The number of benzene rings is 5. The van der Waals surface area contributed by atoms with E-state index in [0.717, 1.165) is 50.1 Å². The largest absolute Gasteiger partial charge is 3.00 e. The van der Waals surface area contributed by atoms with Crippen molar-refractivity contribution in [3.63, 3.8) is 0 Å². The van der Waals surface area contributed by atoms with Crippen molar-refractivity contribution in [3.05, 3.63) is 155 Å². The molecule has 276 valence electrons. The van der Waals surface area contributed by atoms with Gasteiger partial charge in [-0.1, -0.05) is 133 Å². The fraction of sp³-hybridized carbons (Fsp3) is 0.271. The minimum absolute atomic E-state index is 0. The Balaban J connectivity index is 0.000000213. The molecule has 0 saturated carbocycles. The predicted octanol–water partition coefficient (Wildman–Crippen LogP) is 13.7. The maximum atomic E-state index is 6.07. The smallest absolute Gasteiger partial charge is 0.661 e. The van der Waals surface area contributed by atoms with Crippen molar-refractivity contribution in [1.29, 1.82) is 0 Å². The number of hydrogen-bond acceptors (Lipinski definition) is 3. The quantitative estimate of drug-likeness (QED) is 0.118. The van der Waals surface area contributed by atoms with Crippen LogP contribution in [0.25, 0.3) is 38.5 Å². The van der Waals surface area contributed by atoms with Crippen LogP contribution in [0.1, 0.15) is 87.7 Å². The van der Waals surface area contributed by atoms with Crippen LogP contribution in [-0.2, 0) is 20.1 Å².